The third-order valence-corrected chi connectivity index (χ3v) is 5.67. The van der Waals surface area contributed by atoms with E-state index in [0.29, 0.717) is 36.0 Å². The Morgan fingerprint density at radius 3 is 2.38 bits per heavy atom. The van der Waals surface area contributed by atoms with Crippen LogP contribution in [-0.4, -0.2) is 13.0 Å². The van der Waals surface area contributed by atoms with E-state index in [1.807, 2.05) is 6.07 Å². The number of hydrogen-bond donors (Lipinski definition) is 0. The highest BCUT2D eigenvalue weighted by molar-refractivity contribution is 5.33. The van der Waals surface area contributed by atoms with Crippen molar-refractivity contribution < 1.29 is 31.4 Å². The lowest BCUT2D eigenvalue weighted by Gasteiger charge is -2.29. The van der Waals surface area contributed by atoms with Crippen molar-refractivity contribution in [2.45, 2.75) is 58.0 Å². The highest BCUT2D eigenvalue weighted by Gasteiger charge is 2.23. The van der Waals surface area contributed by atoms with Gasteiger partial charge >= 0.3 is 0 Å². The topological polar surface area (TPSA) is 18.5 Å². The van der Waals surface area contributed by atoms with Crippen LogP contribution in [0, 0.1) is 23.4 Å². The Balaban J connectivity index is 1.60. The second-order valence-electron chi connectivity index (χ2n) is 8.07. The maximum atomic E-state index is 14.6. The van der Waals surface area contributed by atoms with E-state index in [0.717, 1.165) is 43.4 Å². The van der Waals surface area contributed by atoms with Gasteiger partial charge in [-0.15, -0.1) is 0 Å². The summed E-state index contributed by atoms with van der Waals surface area (Å²) in [6.45, 7) is 2.84. The molecule has 0 bridgehead atoms. The quantitative estimate of drug-likeness (QED) is 0.292. The number of ether oxygens (including phenoxy) is 2. The summed E-state index contributed by atoms with van der Waals surface area (Å²) in [4.78, 5) is 0. The van der Waals surface area contributed by atoms with E-state index in [1.54, 1.807) is 6.07 Å². The number of alkyl halides is 2. The lowest BCUT2D eigenvalue weighted by Crippen LogP contribution is -2.20. The molecule has 0 N–H and O–H groups in total. The summed E-state index contributed by atoms with van der Waals surface area (Å²) >= 11 is 0. The minimum absolute atomic E-state index is 0.110. The molecule has 7 heteroatoms. The number of aryl methyl sites for hydroxylation is 2. The molecular weight excluding hydrogens is 427 g/mol. The molecule has 2 aromatic carbocycles. The average Bonchev–Trinajstić information content (AvgIpc) is 2.75. The van der Waals surface area contributed by atoms with E-state index < -0.39 is 23.8 Å². The Morgan fingerprint density at radius 2 is 1.78 bits per heavy atom. The summed E-state index contributed by atoms with van der Waals surface area (Å²) in [5.74, 6) is -2.58. The van der Waals surface area contributed by atoms with E-state index in [-0.39, 0.29) is 24.8 Å². The maximum Gasteiger partial charge on any atom is 0.260 e. The van der Waals surface area contributed by atoms with Crippen LogP contribution in [0.4, 0.5) is 22.0 Å². The van der Waals surface area contributed by atoms with Gasteiger partial charge in [0.15, 0.2) is 17.4 Å². The first-order chi connectivity index (χ1) is 15.4. The zero-order valence-corrected chi connectivity index (χ0v) is 17.9. The number of halogens is 5. The SMILES string of the molecule is CCCC1CCC(c2ccc(CCc3cc(F)c(O/C=C/C(F)F)c(F)c3)c(F)c2)OC1. The zero-order chi connectivity index (χ0) is 23.1. The van der Waals surface area contributed by atoms with Crippen molar-refractivity contribution in [2.24, 2.45) is 5.92 Å². The van der Waals surface area contributed by atoms with E-state index in [4.69, 9.17) is 4.74 Å². The molecule has 0 aromatic heterocycles. The van der Waals surface area contributed by atoms with Gasteiger partial charge in [0, 0.05) is 6.08 Å². The first-order valence-electron chi connectivity index (χ1n) is 10.9. The predicted molar refractivity (Wildman–Crippen MR) is 112 cm³/mol. The first kappa shape index (κ1) is 24.2. The van der Waals surface area contributed by atoms with E-state index >= 15 is 0 Å². The first-order valence-corrected chi connectivity index (χ1v) is 10.9. The van der Waals surface area contributed by atoms with E-state index in [9.17, 15) is 22.0 Å². The fraction of sp³-hybridized carbons (Fsp3) is 0.440. The van der Waals surface area contributed by atoms with Crippen LogP contribution in [0.2, 0.25) is 0 Å². The Morgan fingerprint density at radius 1 is 1.03 bits per heavy atom. The highest BCUT2D eigenvalue weighted by Crippen LogP contribution is 2.33. The predicted octanol–water partition coefficient (Wildman–Crippen LogP) is 7.31. The van der Waals surface area contributed by atoms with Crippen molar-refractivity contribution in [3.8, 4) is 5.75 Å². The molecule has 32 heavy (non-hydrogen) atoms. The smallest absolute Gasteiger partial charge is 0.260 e. The Hall–Kier alpha value is -2.41. The van der Waals surface area contributed by atoms with E-state index in [1.165, 1.54) is 6.07 Å². The van der Waals surface area contributed by atoms with Gasteiger partial charge in [0.25, 0.3) is 6.43 Å². The number of allylic oxidation sites excluding steroid dienone is 1. The summed E-state index contributed by atoms with van der Waals surface area (Å²) in [6.07, 6.45) is 2.67. The van der Waals surface area contributed by atoms with Crippen molar-refractivity contribution in [3.63, 3.8) is 0 Å². The fourth-order valence-electron chi connectivity index (χ4n) is 3.99. The summed E-state index contributed by atoms with van der Waals surface area (Å²) < 4.78 is 77.5. The third kappa shape index (κ3) is 6.55. The summed E-state index contributed by atoms with van der Waals surface area (Å²) in [7, 11) is 0. The largest absolute Gasteiger partial charge is 0.459 e. The number of hydrogen-bond acceptors (Lipinski definition) is 2. The second-order valence-corrected chi connectivity index (χ2v) is 8.07. The minimum Gasteiger partial charge on any atom is -0.459 e. The molecular formula is C25H27F5O2. The summed E-state index contributed by atoms with van der Waals surface area (Å²) in [5, 5.41) is 0. The van der Waals surface area contributed by atoms with Crippen LogP contribution >= 0.6 is 0 Å². The standard InChI is InChI=1S/C25H27F5O2/c1-2-3-16-5-9-23(32-15-16)19-8-7-18(20(26)14-19)6-4-17-12-21(27)25(22(28)13-17)31-11-10-24(29)30/h7-8,10-14,16,23-24H,2-6,9,15H2,1H3/b11-10+. The van der Waals surface area contributed by atoms with Gasteiger partial charge in [0.1, 0.15) is 5.82 Å². The monoisotopic (exact) mass is 454 g/mol. The van der Waals surface area contributed by atoms with Gasteiger partial charge in [0.2, 0.25) is 0 Å². The molecule has 0 saturated carbocycles. The third-order valence-electron chi connectivity index (χ3n) is 5.67. The molecule has 2 unspecified atom stereocenters. The van der Waals surface area contributed by atoms with Crippen molar-refractivity contribution in [1.29, 1.82) is 0 Å². The van der Waals surface area contributed by atoms with Crippen molar-refractivity contribution in [2.75, 3.05) is 6.61 Å². The van der Waals surface area contributed by atoms with Gasteiger partial charge in [-0.1, -0.05) is 25.5 Å². The van der Waals surface area contributed by atoms with Crippen LogP contribution in [-0.2, 0) is 17.6 Å². The molecule has 1 aliphatic rings. The summed E-state index contributed by atoms with van der Waals surface area (Å²) in [6, 6.07) is 7.13. The Bertz CT molecular complexity index is 898. The molecule has 2 atom stereocenters. The van der Waals surface area contributed by atoms with Crippen molar-refractivity contribution in [1.82, 2.24) is 0 Å². The molecule has 0 amide bonds. The number of benzene rings is 2. The number of rotatable bonds is 9. The Labute approximate surface area is 185 Å². The van der Waals surface area contributed by atoms with Gasteiger partial charge < -0.3 is 9.47 Å². The molecule has 0 radical (unpaired) electrons. The molecule has 1 heterocycles. The van der Waals surface area contributed by atoms with Crippen LogP contribution in [0.15, 0.2) is 42.7 Å². The molecule has 1 aliphatic heterocycles. The summed E-state index contributed by atoms with van der Waals surface area (Å²) in [5.41, 5.74) is 1.55. The van der Waals surface area contributed by atoms with Gasteiger partial charge in [0.05, 0.1) is 19.0 Å². The van der Waals surface area contributed by atoms with Gasteiger partial charge in [-0.25, -0.2) is 22.0 Å². The van der Waals surface area contributed by atoms with Crippen molar-refractivity contribution >= 4 is 0 Å². The zero-order valence-electron chi connectivity index (χ0n) is 17.9. The van der Waals surface area contributed by atoms with Crippen LogP contribution in [0.1, 0.15) is 55.4 Å². The molecule has 1 fully saturated rings. The van der Waals surface area contributed by atoms with Gasteiger partial charge in [-0.05, 0) is 72.9 Å². The molecule has 174 valence electrons. The Kier molecular flexibility index (Phi) is 8.67. The average molecular weight is 454 g/mol. The highest BCUT2D eigenvalue weighted by atomic mass is 19.3. The molecule has 3 rings (SSSR count). The van der Waals surface area contributed by atoms with Crippen LogP contribution < -0.4 is 4.74 Å². The molecule has 2 nitrogen and oxygen atoms in total. The van der Waals surface area contributed by atoms with Crippen LogP contribution in [0.25, 0.3) is 0 Å². The maximum absolute atomic E-state index is 14.6. The second kappa shape index (κ2) is 11.5. The fourth-order valence-corrected chi connectivity index (χ4v) is 3.99. The van der Waals surface area contributed by atoms with Crippen LogP contribution in [0.3, 0.4) is 0 Å². The van der Waals surface area contributed by atoms with Crippen LogP contribution in [0.5, 0.6) is 5.75 Å². The van der Waals surface area contributed by atoms with Crippen molar-refractivity contribution in [3.05, 3.63) is 76.8 Å². The lowest BCUT2D eigenvalue weighted by atomic mass is 9.91. The van der Waals surface area contributed by atoms with E-state index in [2.05, 4.69) is 11.7 Å². The minimum atomic E-state index is -2.79. The van der Waals surface area contributed by atoms with Gasteiger partial charge in [-0.3, -0.25) is 0 Å². The molecule has 0 aliphatic carbocycles. The normalized spacial score (nSPS) is 19.1. The molecule has 2 aromatic rings. The molecule has 1 saturated heterocycles. The van der Waals surface area contributed by atoms with Gasteiger partial charge in [-0.2, -0.15) is 0 Å². The lowest BCUT2D eigenvalue weighted by molar-refractivity contribution is -0.0196. The molecule has 0 spiro atoms.